The Morgan fingerprint density at radius 1 is 1.11 bits per heavy atom. The van der Waals surface area contributed by atoms with Gasteiger partial charge < -0.3 is 14.6 Å². The maximum Gasteiger partial charge on any atom is 0.128 e. The second kappa shape index (κ2) is 7.88. The standard InChI is InChI=1S/C21H25N5O/c1-16(27)19-3-2-4-20(24-19)25-12-7-18(8-13-25)21-23-11-14-26(21)15-17-5-9-22-10-6-17/h2-6,9-11,14,16,18,27H,7-8,12-13,15H2,1H3/t16-/m0/s1. The molecule has 1 N–H and O–H groups in total. The normalized spacial score (nSPS) is 16.4. The van der Waals surface area contributed by atoms with Crippen LogP contribution in [0.25, 0.3) is 0 Å². The van der Waals surface area contributed by atoms with Crippen molar-refractivity contribution in [3.63, 3.8) is 0 Å². The number of hydrogen-bond acceptors (Lipinski definition) is 5. The number of rotatable bonds is 5. The maximum atomic E-state index is 9.77. The molecule has 0 bridgehead atoms. The van der Waals surface area contributed by atoms with E-state index in [-0.39, 0.29) is 0 Å². The average molecular weight is 363 g/mol. The smallest absolute Gasteiger partial charge is 0.128 e. The molecule has 27 heavy (non-hydrogen) atoms. The number of pyridine rings is 2. The number of anilines is 1. The summed E-state index contributed by atoms with van der Waals surface area (Å²) in [6.07, 6.45) is 9.19. The predicted octanol–water partition coefficient (Wildman–Crippen LogP) is 3.16. The highest BCUT2D eigenvalue weighted by Crippen LogP contribution is 2.29. The third kappa shape index (κ3) is 4.01. The molecule has 0 unspecified atom stereocenters. The van der Waals surface area contributed by atoms with Crippen LogP contribution in [0.15, 0.2) is 55.1 Å². The Morgan fingerprint density at radius 2 is 1.89 bits per heavy atom. The lowest BCUT2D eigenvalue weighted by Gasteiger charge is -2.33. The summed E-state index contributed by atoms with van der Waals surface area (Å²) >= 11 is 0. The fourth-order valence-electron chi connectivity index (χ4n) is 3.71. The zero-order chi connectivity index (χ0) is 18.6. The molecular formula is C21H25N5O. The minimum absolute atomic E-state index is 0.457. The molecule has 1 fully saturated rings. The predicted molar refractivity (Wildman–Crippen MR) is 105 cm³/mol. The van der Waals surface area contributed by atoms with Gasteiger partial charge in [0.1, 0.15) is 11.6 Å². The first-order valence-electron chi connectivity index (χ1n) is 9.50. The molecule has 4 rings (SSSR count). The Morgan fingerprint density at radius 3 is 2.63 bits per heavy atom. The molecule has 140 valence electrons. The monoisotopic (exact) mass is 363 g/mol. The number of hydrogen-bond donors (Lipinski definition) is 1. The van der Waals surface area contributed by atoms with E-state index in [0.29, 0.717) is 5.92 Å². The lowest BCUT2D eigenvalue weighted by Crippen LogP contribution is -2.34. The summed E-state index contributed by atoms with van der Waals surface area (Å²) in [6.45, 7) is 4.48. The third-order valence-electron chi connectivity index (χ3n) is 5.22. The molecular weight excluding hydrogens is 338 g/mol. The highest BCUT2D eigenvalue weighted by Gasteiger charge is 2.25. The van der Waals surface area contributed by atoms with E-state index < -0.39 is 6.10 Å². The van der Waals surface area contributed by atoms with E-state index in [1.807, 2.05) is 48.9 Å². The number of nitrogens with zero attached hydrogens (tertiary/aromatic N) is 5. The quantitative estimate of drug-likeness (QED) is 0.754. The maximum absolute atomic E-state index is 9.77. The van der Waals surface area contributed by atoms with Crippen LogP contribution in [-0.4, -0.2) is 37.7 Å². The molecule has 4 heterocycles. The van der Waals surface area contributed by atoms with Gasteiger partial charge in [0.2, 0.25) is 0 Å². The summed E-state index contributed by atoms with van der Waals surface area (Å²) in [5.41, 5.74) is 1.96. The van der Waals surface area contributed by atoms with Gasteiger partial charge in [-0.05, 0) is 49.6 Å². The first-order valence-corrected chi connectivity index (χ1v) is 9.50. The molecule has 3 aromatic rings. The van der Waals surface area contributed by atoms with Gasteiger partial charge in [0, 0.05) is 50.3 Å². The number of aliphatic hydroxyl groups is 1. The second-order valence-electron chi connectivity index (χ2n) is 7.13. The van der Waals surface area contributed by atoms with Gasteiger partial charge in [0.25, 0.3) is 0 Å². The molecule has 1 atom stereocenters. The molecule has 1 aliphatic heterocycles. The number of imidazole rings is 1. The summed E-state index contributed by atoms with van der Waals surface area (Å²) in [7, 11) is 0. The highest BCUT2D eigenvalue weighted by molar-refractivity contribution is 5.40. The highest BCUT2D eigenvalue weighted by atomic mass is 16.3. The topological polar surface area (TPSA) is 67.1 Å². The number of aromatic nitrogens is 4. The number of aliphatic hydroxyl groups excluding tert-OH is 1. The molecule has 0 spiro atoms. The molecule has 1 aliphatic rings. The van der Waals surface area contributed by atoms with Crippen molar-refractivity contribution in [2.24, 2.45) is 0 Å². The molecule has 1 saturated heterocycles. The molecule has 3 aromatic heterocycles. The SMILES string of the molecule is C[C@H](O)c1cccc(N2CCC(c3nccn3Cc3ccncc3)CC2)n1. The molecule has 0 saturated carbocycles. The molecule has 0 amide bonds. The van der Waals surface area contributed by atoms with Crippen LogP contribution < -0.4 is 4.90 Å². The van der Waals surface area contributed by atoms with Crippen molar-refractivity contribution in [3.05, 3.63) is 72.2 Å². The van der Waals surface area contributed by atoms with Crippen LogP contribution in [0.5, 0.6) is 0 Å². The lowest BCUT2D eigenvalue weighted by molar-refractivity contribution is 0.194. The summed E-state index contributed by atoms with van der Waals surface area (Å²) in [5.74, 6) is 2.57. The van der Waals surface area contributed by atoms with Gasteiger partial charge in [-0.1, -0.05) is 6.07 Å². The van der Waals surface area contributed by atoms with E-state index in [1.54, 1.807) is 6.92 Å². The Balaban J connectivity index is 1.43. The van der Waals surface area contributed by atoms with Gasteiger partial charge >= 0.3 is 0 Å². The van der Waals surface area contributed by atoms with Gasteiger partial charge in [-0.3, -0.25) is 4.98 Å². The van der Waals surface area contributed by atoms with Crippen molar-refractivity contribution < 1.29 is 5.11 Å². The largest absolute Gasteiger partial charge is 0.387 e. The van der Waals surface area contributed by atoms with E-state index in [2.05, 4.69) is 30.6 Å². The van der Waals surface area contributed by atoms with Crippen LogP contribution >= 0.6 is 0 Å². The van der Waals surface area contributed by atoms with Crippen LogP contribution in [0.3, 0.4) is 0 Å². The summed E-state index contributed by atoms with van der Waals surface area (Å²) in [5, 5.41) is 9.77. The fourth-order valence-corrected chi connectivity index (χ4v) is 3.71. The van der Waals surface area contributed by atoms with Crippen molar-refractivity contribution in [2.45, 2.75) is 38.3 Å². The van der Waals surface area contributed by atoms with Crippen molar-refractivity contribution in [1.82, 2.24) is 19.5 Å². The van der Waals surface area contributed by atoms with Gasteiger partial charge in [-0.15, -0.1) is 0 Å². The zero-order valence-electron chi connectivity index (χ0n) is 15.6. The van der Waals surface area contributed by atoms with E-state index >= 15 is 0 Å². The van der Waals surface area contributed by atoms with Gasteiger partial charge in [0.05, 0.1) is 11.8 Å². The van der Waals surface area contributed by atoms with E-state index in [0.717, 1.165) is 49.8 Å². The van der Waals surface area contributed by atoms with Crippen molar-refractivity contribution >= 4 is 5.82 Å². The van der Waals surface area contributed by atoms with Crippen LogP contribution in [0.4, 0.5) is 5.82 Å². The van der Waals surface area contributed by atoms with Crippen molar-refractivity contribution in [2.75, 3.05) is 18.0 Å². The third-order valence-corrected chi connectivity index (χ3v) is 5.22. The minimum Gasteiger partial charge on any atom is -0.387 e. The zero-order valence-corrected chi connectivity index (χ0v) is 15.6. The fraction of sp³-hybridized carbons (Fsp3) is 0.381. The Hall–Kier alpha value is -2.73. The minimum atomic E-state index is -0.539. The molecule has 0 aromatic carbocycles. The van der Waals surface area contributed by atoms with Crippen molar-refractivity contribution in [3.8, 4) is 0 Å². The molecule has 6 heteroatoms. The Bertz CT molecular complexity index is 869. The summed E-state index contributed by atoms with van der Waals surface area (Å²) in [6, 6.07) is 9.96. The Kier molecular flexibility index (Phi) is 5.16. The summed E-state index contributed by atoms with van der Waals surface area (Å²) in [4.78, 5) is 15.7. The van der Waals surface area contributed by atoms with Crippen molar-refractivity contribution in [1.29, 1.82) is 0 Å². The van der Waals surface area contributed by atoms with Gasteiger partial charge in [0.15, 0.2) is 0 Å². The second-order valence-corrected chi connectivity index (χ2v) is 7.13. The molecule has 0 radical (unpaired) electrons. The van der Waals surface area contributed by atoms with E-state index in [4.69, 9.17) is 0 Å². The Labute approximate surface area is 159 Å². The molecule has 0 aliphatic carbocycles. The van der Waals surface area contributed by atoms with Crippen LogP contribution in [0.1, 0.15) is 48.9 Å². The summed E-state index contributed by atoms with van der Waals surface area (Å²) < 4.78 is 2.25. The van der Waals surface area contributed by atoms with Crippen LogP contribution in [0.2, 0.25) is 0 Å². The first kappa shape index (κ1) is 17.7. The van der Waals surface area contributed by atoms with Crippen LogP contribution in [0, 0.1) is 0 Å². The number of piperidine rings is 1. The van der Waals surface area contributed by atoms with Crippen LogP contribution in [-0.2, 0) is 6.54 Å². The average Bonchev–Trinajstić information content (AvgIpc) is 3.17. The van der Waals surface area contributed by atoms with E-state index in [9.17, 15) is 5.11 Å². The van der Waals surface area contributed by atoms with Gasteiger partial charge in [-0.2, -0.15) is 0 Å². The van der Waals surface area contributed by atoms with Gasteiger partial charge in [-0.25, -0.2) is 9.97 Å². The van der Waals surface area contributed by atoms with E-state index in [1.165, 1.54) is 5.56 Å². The lowest BCUT2D eigenvalue weighted by atomic mass is 9.95. The first-order chi connectivity index (χ1) is 13.2. The molecule has 6 nitrogen and oxygen atoms in total.